The molecule has 0 amide bonds. The average molecular weight is 288 g/mol. The molecule has 0 spiro atoms. The van der Waals surface area contributed by atoms with Gasteiger partial charge in [0.15, 0.2) is 0 Å². The molecule has 1 heterocycles. The third-order valence-corrected chi connectivity index (χ3v) is 4.98. The van der Waals surface area contributed by atoms with E-state index in [1.165, 1.54) is 43.5 Å². The Hall–Kier alpha value is -0.900. The van der Waals surface area contributed by atoms with Crippen LogP contribution in [0.4, 0.5) is 0 Å². The van der Waals surface area contributed by atoms with E-state index in [2.05, 4.69) is 48.3 Å². The summed E-state index contributed by atoms with van der Waals surface area (Å²) in [6.07, 6.45) is 4.03. The van der Waals surface area contributed by atoms with Crippen molar-refractivity contribution in [2.45, 2.75) is 51.3 Å². The molecule has 1 fully saturated rings. The first-order chi connectivity index (χ1) is 10.3. The van der Waals surface area contributed by atoms with Crippen LogP contribution in [0.5, 0.6) is 0 Å². The van der Waals surface area contributed by atoms with E-state index < -0.39 is 0 Å². The third-order valence-electron chi connectivity index (χ3n) is 4.98. The predicted octanol–water partition coefficient (Wildman–Crippen LogP) is 2.76. The molecular formula is C18H28N2O. The number of hydrogen-bond donors (Lipinski definition) is 1. The molecule has 3 rings (SSSR count). The minimum absolute atomic E-state index is 0.479. The Labute approximate surface area is 128 Å². The topological polar surface area (TPSA) is 24.5 Å². The summed E-state index contributed by atoms with van der Waals surface area (Å²) in [6.45, 7) is 8.53. The van der Waals surface area contributed by atoms with Crippen LogP contribution in [0.15, 0.2) is 24.3 Å². The number of hydrogen-bond acceptors (Lipinski definition) is 3. The molecule has 3 nitrogen and oxygen atoms in total. The van der Waals surface area contributed by atoms with E-state index in [9.17, 15) is 0 Å². The number of fused-ring (bicyclic) bond motifs is 1. The van der Waals surface area contributed by atoms with Crippen LogP contribution in [0.2, 0.25) is 0 Å². The molecule has 21 heavy (non-hydrogen) atoms. The van der Waals surface area contributed by atoms with Crippen molar-refractivity contribution in [3.63, 3.8) is 0 Å². The van der Waals surface area contributed by atoms with Crippen molar-refractivity contribution < 1.29 is 4.74 Å². The largest absolute Gasteiger partial charge is 0.378 e. The van der Waals surface area contributed by atoms with Gasteiger partial charge < -0.3 is 10.1 Å². The van der Waals surface area contributed by atoms with E-state index in [1.807, 2.05) is 0 Å². The van der Waals surface area contributed by atoms with Crippen LogP contribution in [-0.2, 0) is 11.2 Å². The molecule has 3 heteroatoms. The molecule has 1 aliphatic carbocycles. The molecule has 2 aliphatic rings. The summed E-state index contributed by atoms with van der Waals surface area (Å²) in [5, 5.41) is 3.71. The first-order valence-corrected chi connectivity index (χ1v) is 8.50. The summed E-state index contributed by atoms with van der Waals surface area (Å²) in [5.41, 5.74) is 3.04. The number of piperidine rings is 1. The number of rotatable bonds is 5. The minimum Gasteiger partial charge on any atom is -0.378 e. The minimum atomic E-state index is 0.479. The molecule has 116 valence electrons. The van der Waals surface area contributed by atoms with Gasteiger partial charge in [-0.05, 0) is 43.9 Å². The van der Waals surface area contributed by atoms with Crippen molar-refractivity contribution in [3.05, 3.63) is 35.4 Å². The van der Waals surface area contributed by atoms with Gasteiger partial charge in [0.1, 0.15) is 0 Å². The number of nitrogens with zero attached hydrogens (tertiary/aromatic N) is 1. The van der Waals surface area contributed by atoms with Crippen LogP contribution in [-0.4, -0.2) is 43.3 Å². The highest BCUT2D eigenvalue weighted by molar-refractivity contribution is 5.37. The van der Waals surface area contributed by atoms with Gasteiger partial charge in [0.2, 0.25) is 0 Å². The van der Waals surface area contributed by atoms with Crippen molar-refractivity contribution in [1.82, 2.24) is 10.2 Å². The predicted molar refractivity (Wildman–Crippen MR) is 86.6 cm³/mol. The third kappa shape index (κ3) is 3.15. The maximum absolute atomic E-state index is 5.79. The second-order valence-electron chi connectivity index (χ2n) is 6.20. The van der Waals surface area contributed by atoms with Crippen LogP contribution in [0.25, 0.3) is 0 Å². The fraction of sp³-hybridized carbons (Fsp3) is 0.667. The number of ether oxygens (including phenoxy) is 1. The van der Waals surface area contributed by atoms with E-state index in [1.54, 1.807) is 0 Å². The van der Waals surface area contributed by atoms with E-state index in [-0.39, 0.29) is 0 Å². The van der Waals surface area contributed by atoms with Gasteiger partial charge in [-0.3, -0.25) is 4.90 Å². The number of likely N-dealkylation sites (N-methyl/N-ethyl adjacent to an activating group) is 1. The number of likely N-dealkylation sites (tertiary alicyclic amines) is 1. The smallest absolute Gasteiger partial charge is 0.0599 e. The summed E-state index contributed by atoms with van der Waals surface area (Å²) in [7, 11) is 0. The lowest BCUT2D eigenvalue weighted by molar-refractivity contribution is 0.000854. The molecule has 0 aromatic heterocycles. The molecule has 1 aliphatic heterocycles. The molecule has 2 unspecified atom stereocenters. The molecule has 1 N–H and O–H groups in total. The van der Waals surface area contributed by atoms with Crippen molar-refractivity contribution in [2.75, 3.05) is 26.2 Å². The Kier molecular flexibility index (Phi) is 4.94. The molecule has 1 saturated heterocycles. The Morgan fingerprint density at radius 3 is 2.67 bits per heavy atom. The summed E-state index contributed by atoms with van der Waals surface area (Å²) in [6, 6.07) is 10.1. The van der Waals surface area contributed by atoms with Crippen molar-refractivity contribution in [3.8, 4) is 0 Å². The summed E-state index contributed by atoms with van der Waals surface area (Å²) in [5.74, 6) is 0. The van der Waals surface area contributed by atoms with Gasteiger partial charge in [0.25, 0.3) is 0 Å². The Bertz CT molecular complexity index is 454. The Balaban J connectivity index is 1.68. The summed E-state index contributed by atoms with van der Waals surface area (Å²) >= 11 is 0. The monoisotopic (exact) mass is 288 g/mol. The molecule has 1 aromatic rings. The average Bonchev–Trinajstić information content (AvgIpc) is 2.88. The van der Waals surface area contributed by atoms with E-state index in [0.29, 0.717) is 18.2 Å². The highest BCUT2D eigenvalue weighted by Gasteiger charge is 2.36. The van der Waals surface area contributed by atoms with Gasteiger partial charge in [-0.25, -0.2) is 0 Å². The fourth-order valence-electron chi connectivity index (χ4n) is 3.99. The molecule has 2 atom stereocenters. The standard InChI is InChI=1S/C18H28N2O/c1-3-19-18-16-8-6-5-7-14(16)13-17(18)20-11-9-15(10-12-20)21-4-2/h5-8,15,17-19H,3-4,9-13H2,1-2H3. The highest BCUT2D eigenvalue weighted by atomic mass is 16.5. The molecular weight excluding hydrogens is 260 g/mol. The number of benzene rings is 1. The van der Waals surface area contributed by atoms with Gasteiger partial charge in [0, 0.05) is 31.8 Å². The molecule has 0 bridgehead atoms. The van der Waals surface area contributed by atoms with Gasteiger partial charge in [-0.2, -0.15) is 0 Å². The zero-order valence-corrected chi connectivity index (χ0v) is 13.3. The lowest BCUT2D eigenvalue weighted by Gasteiger charge is -2.38. The molecule has 0 radical (unpaired) electrons. The first-order valence-electron chi connectivity index (χ1n) is 8.50. The molecule has 1 aromatic carbocycles. The zero-order valence-electron chi connectivity index (χ0n) is 13.3. The Morgan fingerprint density at radius 1 is 1.19 bits per heavy atom. The van der Waals surface area contributed by atoms with E-state index >= 15 is 0 Å². The van der Waals surface area contributed by atoms with Crippen molar-refractivity contribution >= 4 is 0 Å². The summed E-state index contributed by atoms with van der Waals surface area (Å²) < 4.78 is 5.79. The second kappa shape index (κ2) is 6.91. The maximum Gasteiger partial charge on any atom is 0.0599 e. The van der Waals surface area contributed by atoms with Crippen LogP contribution in [0.1, 0.15) is 43.9 Å². The Morgan fingerprint density at radius 2 is 1.95 bits per heavy atom. The van der Waals surface area contributed by atoms with Gasteiger partial charge >= 0.3 is 0 Å². The SMILES string of the molecule is CCNC1c2ccccc2CC1N1CCC(OCC)CC1. The van der Waals surface area contributed by atoms with Gasteiger partial charge in [-0.1, -0.05) is 31.2 Å². The quantitative estimate of drug-likeness (QED) is 0.901. The van der Waals surface area contributed by atoms with E-state index in [0.717, 1.165) is 13.2 Å². The fourth-order valence-corrected chi connectivity index (χ4v) is 3.99. The lowest BCUT2D eigenvalue weighted by atomic mass is 10.0. The van der Waals surface area contributed by atoms with Crippen LogP contribution in [0.3, 0.4) is 0 Å². The van der Waals surface area contributed by atoms with Crippen LogP contribution < -0.4 is 5.32 Å². The summed E-state index contributed by atoms with van der Waals surface area (Å²) in [4.78, 5) is 2.68. The van der Waals surface area contributed by atoms with Crippen molar-refractivity contribution in [1.29, 1.82) is 0 Å². The maximum atomic E-state index is 5.79. The second-order valence-corrected chi connectivity index (χ2v) is 6.20. The van der Waals surface area contributed by atoms with Crippen LogP contribution in [0, 0.1) is 0 Å². The van der Waals surface area contributed by atoms with E-state index in [4.69, 9.17) is 4.74 Å². The lowest BCUT2D eigenvalue weighted by Crippen LogP contribution is -2.48. The first kappa shape index (κ1) is 15.0. The van der Waals surface area contributed by atoms with Crippen molar-refractivity contribution in [2.24, 2.45) is 0 Å². The zero-order chi connectivity index (χ0) is 14.7. The van der Waals surface area contributed by atoms with Gasteiger partial charge in [0.05, 0.1) is 6.10 Å². The highest BCUT2D eigenvalue weighted by Crippen LogP contribution is 2.35. The molecule has 0 saturated carbocycles. The van der Waals surface area contributed by atoms with Crippen LogP contribution >= 0.6 is 0 Å². The normalized spacial score (nSPS) is 27.0. The number of nitrogens with one attached hydrogen (secondary N) is 1. The van der Waals surface area contributed by atoms with Gasteiger partial charge in [-0.15, -0.1) is 0 Å².